The number of nitro benzene ring substituents is 1. The molecule has 0 aliphatic rings. The summed E-state index contributed by atoms with van der Waals surface area (Å²) in [6.07, 6.45) is 3.35. The fraction of sp³-hybridized carbons (Fsp3) is 0.130. The van der Waals surface area contributed by atoms with Gasteiger partial charge in [0.25, 0.3) is 5.69 Å². The highest BCUT2D eigenvalue weighted by Gasteiger charge is 2.21. The normalized spacial score (nSPS) is 10.7. The first-order valence-corrected chi connectivity index (χ1v) is 11.0. The van der Waals surface area contributed by atoms with Crippen molar-refractivity contribution in [3.05, 3.63) is 88.2 Å². The lowest BCUT2D eigenvalue weighted by atomic mass is 10.1. The van der Waals surface area contributed by atoms with Gasteiger partial charge in [0.1, 0.15) is 5.69 Å². The maximum absolute atomic E-state index is 12.7. The number of nitrogens with zero attached hydrogens (tertiary/aromatic N) is 5. The molecule has 0 fully saturated rings. The average Bonchev–Trinajstić information content (AvgIpc) is 3.24. The minimum absolute atomic E-state index is 0.00574. The Kier molecular flexibility index (Phi) is 6.45. The number of hydrogen-bond acceptors (Lipinski definition) is 7. The molecule has 33 heavy (non-hydrogen) atoms. The van der Waals surface area contributed by atoms with Crippen molar-refractivity contribution in [2.24, 2.45) is 0 Å². The first-order valence-electron chi connectivity index (χ1n) is 10.0. The number of amides is 1. The Bertz CT molecular complexity index is 1310. The number of carbonyl (C=O) groups excluding carboxylic acids is 1. The van der Waals surface area contributed by atoms with E-state index in [2.05, 4.69) is 20.5 Å². The Morgan fingerprint density at radius 2 is 1.82 bits per heavy atom. The number of pyridine rings is 1. The van der Waals surface area contributed by atoms with Crippen molar-refractivity contribution in [2.75, 3.05) is 11.1 Å². The van der Waals surface area contributed by atoms with Crippen LogP contribution in [-0.4, -0.2) is 36.3 Å². The van der Waals surface area contributed by atoms with Gasteiger partial charge in [-0.3, -0.25) is 24.5 Å². The van der Waals surface area contributed by atoms with Crippen molar-refractivity contribution in [3.8, 4) is 17.1 Å². The zero-order valence-electron chi connectivity index (χ0n) is 17.9. The van der Waals surface area contributed by atoms with E-state index < -0.39 is 4.92 Å². The molecule has 0 saturated carbocycles. The van der Waals surface area contributed by atoms with Crippen LogP contribution >= 0.6 is 11.8 Å². The topological polar surface area (TPSA) is 116 Å². The van der Waals surface area contributed by atoms with Crippen LogP contribution < -0.4 is 5.32 Å². The summed E-state index contributed by atoms with van der Waals surface area (Å²) in [6.45, 7) is 3.51. The van der Waals surface area contributed by atoms with E-state index >= 15 is 0 Å². The molecule has 10 heteroatoms. The molecule has 0 radical (unpaired) electrons. The van der Waals surface area contributed by atoms with E-state index in [1.807, 2.05) is 47.0 Å². The van der Waals surface area contributed by atoms with Crippen molar-refractivity contribution in [2.45, 2.75) is 19.0 Å². The molecule has 9 nitrogen and oxygen atoms in total. The predicted octanol–water partition coefficient (Wildman–Crippen LogP) is 4.59. The van der Waals surface area contributed by atoms with Gasteiger partial charge in [-0.2, -0.15) is 0 Å². The first kappa shape index (κ1) is 22.2. The SMILES string of the molecule is Cc1cc(C)c(NC(=O)CSc2nnc(-c3ccncc3)n2-c2ccccc2)c([N+](=O)[O-])c1. The van der Waals surface area contributed by atoms with Crippen LogP contribution in [0.2, 0.25) is 0 Å². The van der Waals surface area contributed by atoms with Crippen LogP contribution in [0.1, 0.15) is 11.1 Å². The maximum Gasteiger partial charge on any atom is 0.293 e. The first-order chi connectivity index (χ1) is 15.9. The number of aryl methyl sites for hydroxylation is 2. The Morgan fingerprint density at radius 1 is 1.09 bits per heavy atom. The van der Waals surface area contributed by atoms with E-state index in [0.717, 1.165) is 16.8 Å². The summed E-state index contributed by atoms with van der Waals surface area (Å²) in [7, 11) is 0. The number of hydrogen-bond donors (Lipinski definition) is 1. The number of nitro groups is 1. The van der Waals surface area contributed by atoms with Crippen LogP contribution in [0.5, 0.6) is 0 Å². The summed E-state index contributed by atoms with van der Waals surface area (Å²) >= 11 is 1.20. The number of anilines is 1. The molecule has 2 aromatic carbocycles. The lowest BCUT2D eigenvalue weighted by molar-refractivity contribution is -0.384. The van der Waals surface area contributed by atoms with Gasteiger partial charge in [0.2, 0.25) is 5.91 Å². The molecule has 0 spiro atoms. The lowest BCUT2D eigenvalue weighted by Gasteiger charge is -2.11. The maximum atomic E-state index is 12.7. The molecule has 0 atom stereocenters. The van der Waals surface area contributed by atoms with Gasteiger partial charge < -0.3 is 5.32 Å². The van der Waals surface area contributed by atoms with Crippen LogP contribution in [0.4, 0.5) is 11.4 Å². The Hall–Kier alpha value is -4.05. The minimum atomic E-state index is -0.490. The highest BCUT2D eigenvalue weighted by molar-refractivity contribution is 7.99. The quantitative estimate of drug-likeness (QED) is 0.244. The summed E-state index contributed by atoms with van der Waals surface area (Å²) in [5, 5.41) is 23.3. The van der Waals surface area contributed by atoms with E-state index in [-0.39, 0.29) is 23.0 Å². The van der Waals surface area contributed by atoms with E-state index in [0.29, 0.717) is 16.5 Å². The van der Waals surface area contributed by atoms with E-state index in [4.69, 9.17) is 0 Å². The Labute approximate surface area is 194 Å². The lowest BCUT2D eigenvalue weighted by Crippen LogP contribution is -2.16. The van der Waals surface area contributed by atoms with Crippen LogP contribution in [0.3, 0.4) is 0 Å². The molecule has 166 valence electrons. The van der Waals surface area contributed by atoms with Gasteiger partial charge in [0, 0.05) is 29.7 Å². The molecule has 1 N–H and O–H groups in total. The predicted molar refractivity (Wildman–Crippen MR) is 127 cm³/mol. The number of thioether (sulfide) groups is 1. The summed E-state index contributed by atoms with van der Waals surface area (Å²) in [6, 6.07) is 16.5. The van der Waals surface area contributed by atoms with Crippen molar-refractivity contribution < 1.29 is 9.72 Å². The molecule has 0 saturated heterocycles. The average molecular weight is 461 g/mol. The molecule has 1 amide bonds. The van der Waals surface area contributed by atoms with Gasteiger partial charge >= 0.3 is 0 Å². The third-order valence-corrected chi connectivity index (χ3v) is 5.77. The molecule has 2 heterocycles. The van der Waals surface area contributed by atoms with Crippen LogP contribution in [0, 0.1) is 24.0 Å². The monoisotopic (exact) mass is 460 g/mol. The number of para-hydroxylation sites is 1. The molecule has 4 rings (SSSR count). The second-order valence-electron chi connectivity index (χ2n) is 7.28. The van der Waals surface area contributed by atoms with Crippen molar-refractivity contribution in [1.82, 2.24) is 19.7 Å². The van der Waals surface area contributed by atoms with Gasteiger partial charge in [0.05, 0.1) is 10.7 Å². The fourth-order valence-corrected chi connectivity index (χ4v) is 4.17. The largest absolute Gasteiger partial charge is 0.319 e. The zero-order chi connectivity index (χ0) is 23.4. The summed E-state index contributed by atoms with van der Waals surface area (Å²) < 4.78 is 1.87. The van der Waals surface area contributed by atoms with E-state index in [1.165, 1.54) is 17.8 Å². The minimum Gasteiger partial charge on any atom is -0.319 e. The molecule has 0 unspecified atom stereocenters. The highest BCUT2D eigenvalue weighted by atomic mass is 32.2. The summed E-state index contributed by atoms with van der Waals surface area (Å²) in [5.74, 6) is 0.255. The fourth-order valence-electron chi connectivity index (χ4n) is 3.42. The van der Waals surface area contributed by atoms with Crippen molar-refractivity contribution >= 4 is 29.0 Å². The molecule has 0 aliphatic heterocycles. The summed E-state index contributed by atoms with van der Waals surface area (Å²) in [4.78, 5) is 27.7. The van der Waals surface area contributed by atoms with E-state index in [9.17, 15) is 14.9 Å². The number of benzene rings is 2. The van der Waals surface area contributed by atoms with Gasteiger partial charge in [-0.1, -0.05) is 36.0 Å². The third kappa shape index (κ3) is 4.90. The van der Waals surface area contributed by atoms with Crippen LogP contribution in [0.15, 0.2) is 72.1 Å². The van der Waals surface area contributed by atoms with Crippen LogP contribution in [0.25, 0.3) is 17.1 Å². The van der Waals surface area contributed by atoms with Gasteiger partial charge in [-0.05, 0) is 49.2 Å². The van der Waals surface area contributed by atoms with Gasteiger partial charge in [0.15, 0.2) is 11.0 Å². The number of rotatable bonds is 7. The molecular weight excluding hydrogens is 440 g/mol. The molecule has 2 aromatic heterocycles. The van der Waals surface area contributed by atoms with Gasteiger partial charge in [-0.25, -0.2) is 0 Å². The molecular formula is C23H20N6O3S. The second kappa shape index (κ2) is 9.61. The Morgan fingerprint density at radius 3 is 2.52 bits per heavy atom. The number of nitrogens with one attached hydrogen (secondary N) is 1. The van der Waals surface area contributed by atoms with Crippen LogP contribution in [-0.2, 0) is 4.79 Å². The van der Waals surface area contributed by atoms with E-state index in [1.54, 1.807) is 32.3 Å². The second-order valence-corrected chi connectivity index (χ2v) is 8.23. The number of aromatic nitrogens is 4. The highest BCUT2D eigenvalue weighted by Crippen LogP contribution is 2.31. The van der Waals surface area contributed by atoms with Crippen molar-refractivity contribution in [3.63, 3.8) is 0 Å². The molecule has 0 bridgehead atoms. The van der Waals surface area contributed by atoms with Crippen molar-refractivity contribution in [1.29, 1.82) is 0 Å². The molecule has 0 aliphatic carbocycles. The summed E-state index contributed by atoms with van der Waals surface area (Å²) in [5.41, 5.74) is 3.15. The zero-order valence-corrected chi connectivity index (χ0v) is 18.7. The molecule has 4 aromatic rings. The third-order valence-electron chi connectivity index (χ3n) is 4.84. The smallest absolute Gasteiger partial charge is 0.293 e. The number of carbonyl (C=O) groups is 1. The standard InChI is InChI=1S/C23H20N6O3S/c1-15-12-16(2)21(19(13-15)29(31)32)25-20(30)14-33-23-27-26-22(17-8-10-24-11-9-17)28(23)18-6-4-3-5-7-18/h3-13H,14H2,1-2H3,(H,25,30). The van der Waals surface area contributed by atoms with Gasteiger partial charge in [-0.15, -0.1) is 10.2 Å². The Balaban J connectivity index is 1.59.